The SMILES string of the molecule is COC(=O)c1cccc(N2CCC[C@H](N)C2)c1. The molecule has 1 aliphatic rings. The van der Waals surface area contributed by atoms with Gasteiger partial charge in [0.1, 0.15) is 0 Å². The van der Waals surface area contributed by atoms with Crippen LogP contribution in [-0.4, -0.2) is 32.2 Å². The summed E-state index contributed by atoms with van der Waals surface area (Å²) in [5.74, 6) is -0.298. The molecule has 1 saturated heterocycles. The molecule has 2 N–H and O–H groups in total. The van der Waals surface area contributed by atoms with Gasteiger partial charge in [0.2, 0.25) is 0 Å². The Balaban J connectivity index is 2.17. The average molecular weight is 234 g/mol. The first-order valence-corrected chi connectivity index (χ1v) is 5.89. The van der Waals surface area contributed by atoms with E-state index in [1.165, 1.54) is 7.11 Å². The van der Waals surface area contributed by atoms with Crippen molar-refractivity contribution in [3.63, 3.8) is 0 Å². The highest BCUT2D eigenvalue weighted by Gasteiger charge is 2.17. The molecule has 0 saturated carbocycles. The van der Waals surface area contributed by atoms with Crippen molar-refractivity contribution >= 4 is 11.7 Å². The van der Waals surface area contributed by atoms with E-state index >= 15 is 0 Å². The van der Waals surface area contributed by atoms with Gasteiger partial charge < -0.3 is 15.4 Å². The van der Waals surface area contributed by atoms with E-state index in [1.807, 2.05) is 18.2 Å². The van der Waals surface area contributed by atoms with Gasteiger partial charge in [0.25, 0.3) is 0 Å². The average Bonchev–Trinajstić information content (AvgIpc) is 2.38. The molecular weight excluding hydrogens is 216 g/mol. The number of methoxy groups -OCH3 is 1. The second kappa shape index (κ2) is 5.19. The van der Waals surface area contributed by atoms with E-state index in [4.69, 9.17) is 10.5 Å². The van der Waals surface area contributed by atoms with Crippen LogP contribution in [-0.2, 0) is 4.74 Å². The Labute approximate surface area is 101 Å². The van der Waals surface area contributed by atoms with E-state index in [2.05, 4.69) is 4.90 Å². The summed E-state index contributed by atoms with van der Waals surface area (Å²) in [6.07, 6.45) is 2.18. The summed E-state index contributed by atoms with van der Waals surface area (Å²) in [5.41, 5.74) is 7.58. The Bertz CT molecular complexity index is 406. The number of nitrogens with two attached hydrogens (primary N) is 1. The standard InChI is InChI=1S/C13H18N2O2/c1-17-13(16)10-4-2-6-12(8-10)15-7-3-5-11(14)9-15/h2,4,6,8,11H,3,5,7,9,14H2,1H3/t11-/m0/s1. The lowest BCUT2D eigenvalue weighted by molar-refractivity contribution is 0.0601. The number of nitrogens with zero attached hydrogens (tertiary/aromatic N) is 1. The molecule has 92 valence electrons. The fourth-order valence-electron chi connectivity index (χ4n) is 2.19. The van der Waals surface area contributed by atoms with E-state index in [0.29, 0.717) is 5.56 Å². The van der Waals surface area contributed by atoms with Crippen molar-refractivity contribution in [1.29, 1.82) is 0 Å². The van der Waals surface area contributed by atoms with Crippen LogP contribution in [0.1, 0.15) is 23.2 Å². The Morgan fingerprint density at radius 3 is 3.06 bits per heavy atom. The smallest absolute Gasteiger partial charge is 0.337 e. The predicted molar refractivity (Wildman–Crippen MR) is 67.2 cm³/mol. The van der Waals surface area contributed by atoms with Crippen LogP contribution in [0.3, 0.4) is 0 Å². The van der Waals surface area contributed by atoms with Crippen molar-refractivity contribution in [2.45, 2.75) is 18.9 Å². The lowest BCUT2D eigenvalue weighted by Crippen LogP contribution is -2.42. The van der Waals surface area contributed by atoms with Gasteiger partial charge in [-0.2, -0.15) is 0 Å². The first-order valence-electron chi connectivity index (χ1n) is 5.89. The molecule has 4 nitrogen and oxygen atoms in total. The fourth-order valence-corrected chi connectivity index (χ4v) is 2.19. The summed E-state index contributed by atoms with van der Waals surface area (Å²) in [6.45, 7) is 1.85. The highest BCUT2D eigenvalue weighted by atomic mass is 16.5. The third-order valence-electron chi connectivity index (χ3n) is 3.09. The molecule has 17 heavy (non-hydrogen) atoms. The first-order chi connectivity index (χ1) is 8.20. The fraction of sp³-hybridized carbons (Fsp3) is 0.462. The number of hydrogen-bond donors (Lipinski definition) is 1. The van der Waals surface area contributed by atoms with Crippen LogP contribution < -0.4 is 10.6 Å². The molecule has 0 unspecified atom stereocenters. The van der Waals surface area contributed by atoms with Gasteiger partial charge in [-0.15, -0.1) is 0 Å². The third-order valence-corrected chi connectivity index (χ3v) is 3.09. The van der Waals surface area contributed by atoms with Crippen molar-refractivity contribution in [3.05, 3.63) is 29.8 Å². The summed E-state index contributed by atoms with van der Waals surface area (Å²) < 4.78 is 4.72. The van der Waals surface area contributed by atoms with Crippen LogP contribution in [0.25, 0.3) is 0 Å². The summed E-state index contributed by atoms with van der Waals surface area (Å²) in [5, 5.41) is 0. The minimum Gasteiger partial charge on any atom is -0.465 e. The summed E-state index contributed by atoms with van der Waals surface area (Å²) in [7, 11) is 1.39. The molecule has 1 aromatic rings. The summed E-state index contributed by atoms with van der Waals surface area (Å²) >= 11 is 0. The molecule has 1 aliphatic heterocycles. The molecular formula is C13H18N2O2. The molecule has 4 heteroatoms. The lowest BCUT2D eigenvalue weighted by Gasteiger charge is -2.32. The Kier molecular flexibility index (Phi) is 3.64. The Hall–Kier alpha value is -1.55. The first kappa shape index (κ1) is 11.9. The van der Waals surface area contributed by atoms with E-state index in [1.54, 1.807) is 6.07 Å². The van der Waals surface area contributed by atoms with Gasteiger partial charge in [-0.1, -0.05) is 6.07 Å². The third kappa shape index (κ3) is 2.77. The van der Waals surface area contributed by atoms with Gasteiger partial charge in [-0.3, -0.25) is 0 Å². The zero-order valence-electron chi connectivity index (χ0n) is 10.1. The zero-order valence-corrected chi connectivity index (χ0v) is 10.1. The van der Waals surface area contributed by atoms with Crippen molar-refractivity contribution in [1.82, 2.24) is 0 Å². The number of carbonyl (C=O) groups excluding carboxylic acids is 1. The van der Waals surface area contributed by atoms with E-state index in [-0.39, 0.29) is 12.0 Å². The maximum Gasteiger partial charge on any atom is 0.337 e. The van der Waals surface area contributed by atoms with Gasteiger partial charge in [0.05, 0.1) is 12.7 Å². The second-order valence-electron chi connectivity index (χ2n) is 4.39. The number of anilines is 1. The highest BCUT2D eigenvalue weighted by Crippen LogP contribution is 2.20. The molecule has 0 aliphatic carbocycles. The number of carbonyl (C=O) groups is 1. The summed E-state index contributed by atoms with van der Waals surface area (Å²) in [4.78, 5) is 13.7. The van der Waals surface area contributed by atoms with Gasteiger partial charge in [-0.25, -0.2) is 4.79 Å². The molecule has 1 atom stereocenters. The largest absolute Gasteiger partial charge is 0.465 e. The van der Waals surface area contributed by atoms with E-state index < -0.39 is 0 Å². The second-order valence-corrected chi connectivity index (χ2v) is 4.39. The van der Waals surface area contributed by atoms with E-state index in [9.17, 15) is 4.79 Å². The van der Waals surface area contributed by atoms with Gasteiger partial charge >= 0.3 is 5.97 Å². The normalized spacial score (nSPS) is 20.1. The molecule has 0 amide bonds. The number of hydrogen-bond acceptors (Lipinski definition) is 4. The molecule has 0 aromatic heterocycles. The Morgan fingerprint density at radius 1 is 1.53 bits per heavy atom. The number of ether oxygens (including phenoxy) is 1. The van der Waals surface area contributed by atoms with Crippen molar-refractivity contribution < 1.29 is 9.53 Å². The molecule has 0 radical (unpaired) electrons. The minimum atomic E-state index is -0.298. The maximum atomic E-state index is 11.4. The zero-order chi connectivity index (χ0) is 12.3. The molecule has 0 bridgehead atoms. The molecule has 2 rings (SSSR count). The van der Waals surface area contributed by atoms with Crippen molar-refractivity contribution in [2.24, 2.45) is 5.73 Å². The number of rotatable bonds is 2. The topological polar surface area (TPSA) is 55.6 Å². The van der Waals surface area contributed by atoms with E-state index in [0.717, 1.165) is 31.6 Å². The van der Waals surface area contributed by atoms with Crippen LogP contribution in [0.5, 0.6) is 0 Å². The van der Waals surface area contributed by atoms with Crippen molar-refractivity contribution in [2.75, 3.05) is 25.1 Å². The van der Waals surface area contributed by atoms with Gasteiger partial charge in [0, 0.05) is 24.8 Å². The molecule has 1 fully saturated rings. The maximum absolute atomic E-state index is 11.4. The van der Waals surface area contributed by atoms with Crippen molar-refractivity contribution in [3.8, 4) is 0 Å². The molecule has 0 spiro atoms. The predicted octanol–water partition coefficient (Wildman–Crippen LogP) is 1.40. The molecule has 1 aromatic carbocycles. The summed E-state index contributed by atoms with van der Waals surface area (Å²) in [6, 6.07) is 7.74. The van der Waals surface area contributed by atoms with Crippen LogP contribution in [0, 0.1) is 0 Å². The minimum absolute atomic E-state index is 0.227. The highest BCUT2D eigenvalue weighted by molar-refractivity contribution is 5.90. The molecule has 1 heterocycles. The van der Waals surface area contributed by atoms with Crippen LogP contribution in [0.15, 0.2) is 24.3 Å². The Morgan fingerprint density at radius 2 is 2.35 bits per heavy atom. The monoisotopic (exact) mass is 234 g/mol. The number of piperidine rings is 1. The quantitative estimate of drug-likeness (QED) is 0.786. The van der Waals surface area contributed by atoms with Crippen LogP contribution >= 0.6 is 0 Å². The van der Waals surface area contributed by atoms with Gasteiger partial charge in [-0.05, 0) is 31.0 Å². The lowest BCUT2D eigenvalue weighted by atomic mass is 10.1. The number of esters is 1. The van der Waals surface area contributed by atoms with Crippen LogP contribution in [0.4, 0.5) is 5.69 Å². The van der Waals surface area contributed by atoms with Crippen LogP contribution in [0.2, 0.25) is 0 Å². The number of benzene rings is 1. The van der Waals surface area contributed by atoms with Gasteiger partial charge in [0.15, 0.2) is 0 Å².